The summed E-state index contributed by atoms with van der Waals surface area (Å²) >= 11 is 0. The third kappa shape index (κ3) is 8.62. The van der Waals surface area contributed by atoms with E-state index in [1.807, 2.05) is 0 Å². The van der Waals surface area contributed by atoms with Crippen LogP contribution in [0.3, 0.4) is 0 Å². The van der Waals surface area contributed by atoms with Crippen LogP contribution in [0.4, 0.5) is 0 Å². The summed E-state index contributed by atoms with van der Waals surface area (Å²) in [6, 6.07) is 1.43. The van der Waals surface area contributed by atoms with Gasteiger partial charge in [-0.05, 0) is 59.2 Å². The lowest BCUT2D eigenvalue weighted by molar-refractivity contribution is 0.176. The number of nitrogens with one attached hydrogen (secondary N) is 1. The van der Waals surface area contributed by atoms with Crippen molar-refractivity contribution in [3.05, 3.63) is 0 Å². The molecule has 0 radical (unpaired) electrons. The highest BCUT2D eigenvalue weighted by atomic mass is 15.1. The summed E-state index contributed by atoms with van der Waals surface area (Å²) in [5.41, 5.74) is 0. The molecule has 0 spiro atoms. The molecule has 0 bridgehead atoms. The van der Waals surface area contributed by atoms with Crippen molar-refractivity contribution in [3.8, 4) is 0 Å². The zero-order valence-corrected chi connectivity index (χ0v) is 12.9. The average Bonchev–Trinajstić information content (AvgIpc) is 2.27. The normalized spacial score (nSPS) is 15.5. The highest BCUT2D eigenvalue weighted by Gasteiger charge is 2.14. The Balaban J connectivity index is 3.59. The van der Waals surface area contributed by atoms with Gasteiger partial charge >= 0.3 is 0 Å². The summed E-state index contributed by atoms with van der Waals surface area (Å²) in [6.07, 6.45) is 5.19. The van der Waals surface area contributed by atoms with Crippen LogP contribution in [0.15, 0.2) is 0 Å². The van der Waals surface area contributed by atoms with Crippen molar-refractivity contribution in [2.75, 3.05) is 20.1 Å². The molecule has 2 nitrogen and oxygen atoms in total. The number of nitrogens with zero attached hydrogens (tertiary/aromatic N) is 1. The molecule has 0 aliphatic rings. The van der Waals surface area contributed by atoms with Crippen LogP contribution < -0.4 is 5.32 Å². The van der Waals surface area contributed by atoms with Crippen molar-refractivity contribution in [2.45, 2.75) is 72.4 Å². The zero-order valence-electron chi connectivity index (χ0n) is 12.9. The largest absolute Gasteiger partial charge is 0.316 e. The molecule has 104 valence electrons. The van der Waals surface area contributed by atoms with E-state index in [-0.39, 0.29) is 0 Å². The summed E-state index contributed by atoms with van der Waals surface area (Å²) in [4.78, 5) is 2.53. The minimum atomic E-state index is 0.706. The standard InChI is InChI=1S/C15H34N2/c1-7-9-14(4)17(6)15(5)10-8-11-16-12-13(2)3/h13-16H,7-12H2,1-6H3. The number of hydrogen-bond donors (Lipinski definition) is 1. The van der Waals surface area contributed by atoms with E-state index < -0.39 is 0 Å². The van der Waals surface area contributed by atoms with Crippen molar-refractivity contribution < 1.29 is 0 Å². The van der Waals surface area contributed by atoms with E-state index >= 15 is 0 Å². The molecule has 2 atom stereocenters. The Labute approximate surface area is 109 Å². The summed E-state index contributed by atoms with van der Waals surface area (Å²) in [6.45, 7) is 13.8. The first-order chi connectivity index (χ1) is 7.99. The predicted octanol–water partition coefficient (Wildman–Crippen LogP) is 3.52. The van der Waals surface area contributed by atoms with Crippen LogP contribution >= 0.6 is 0 Å². The molecule has 0 saturated heterocycles. The Morgan fingerprint density at radius 1 is 1.00 bits per heavy atom. The molecule has 0 aliphatic carbocycles. The van der Waals surface area contributed by atoms with Crippen molar-refractivity contribution >= 4 is 0 Å². The Bertz CT molecular complexity index is 168. The topological polar surface area (TPSA) is 15.3 Å². The summed E-state index contributed by atoms with van der Waals surface area (Å²) in [7, 11) is 2.27. The second-order valence-electron chi connectivity index (χ2n) is 5.89. The SMILES string of the molecule is CCCC(C)N(C)C(C)CCCNCC(C)C. The van der Waals surface area contributed by atoms with Crippen LogP contribution in [0, 0.1) is 5.92 Å². The molecule has 0 fully saturated rings. The van der Waals surface area contributed by atoms with E-state index in [0.717, 1.165) is 18.5 Å². The zero-order chi connectivity index (χ0) is 13.3. The van der Waals surface area contributed by atoms with Crippen LogP contribution in [0.25, 0.3) is 0 Å². The van der Waals surface area contributed by atoms with Crippen molar-refractivity contribution in [1.82, 2.24) is 10.2 Å². The summed E-state index contributed by atoms with van der Waals surface area (Å²) in [5, 5.41) is 3.51. The van der Waals surface area contributed by atoms with Gasteiger partial charge < -0.3 is 10.2 Å². The van der Waals surface area contributed by atoms with Gasteiger partial charge in [0.1, 0.15) is 0 Å². The van der Waals surface area contributed by atoms with Crippen LogP contribution in [-0.2, 0) is 0 Å². The monoisotopic (exact) mass is 242 g/mol. The van der Waals surface area contributed by atoms with E-state index in [1.54, 1.807) is 0 Å². The van der Waals surface area contributed by atoms with Gasteiger partial charge in [-0.3, -0.25) is 0 Å². The van der Waals surface area contributed by atoms with Crippen LogP contribution in [0.2, 0.25) is 0 Å². The van der Waals surface area contributed by atoms with Gasteiger partial charge in [-0.15, -0.1) is 0 Å². The van der Waals surface area contributed by atoms with Crippen LogP contribution in [0.1, 0.15) is 60.3 Å². The maximum atomic E-state index is 3.51. The second kappa shape index (κ2) is 9.90. The quantitative estimate of drug-likeness (QED) is 0.590. The molecular formula is C15H34N2. The molecule has 0 rings (SSSR count). The lowest BCUT2D eigenvalue weighted by atomic mass is 10.1. The van der Waals surface area contributed by atoms with Gasteiger partial charge in [0.25, 0.3) is 0 Å². The molecule has 2 heteroatoms. The van der Waals surface area contributed by atoms with Gasteiger partial charge in [0.15, 0.2) is 0 Å². The number of rotatable bonds is 10. The van der Waals surface area contributed by atoms with Crippen molar-refractivity contribution in [2.24, 2.45) is 5.92 Å². The maximum absolute atomic E-state index is 3.51. The summed E-state index contributed by atoms with van der Waals surface area (Å²) < 4.78 is 0. The number of hydrogen-bond acceptors (Lipinski definition) is 2. The molecule has 0 aromatic carbocycles. The Morgan fingerprint density at radius 3 is 2.12 bits per heavy atom. The predicted molar refractivity (Wildman–Crippen MR) is 78.5 cm³/mol. The highest BCUT2D eigenvalue weighted by Crippen LogP contribution is 2.11. The van der Waals surface area contributed by atoms with Gasteiger partial charge in [-0.2, -0.15) is 0 Å². The molecule has 0 saturated carbocycles. The Morgan fingerprint density at radius 2 is 1.59 bits per heavy atom. The van der Waals surface area contributed by atoms with E-state index in [2.05, 4.69) is 51.9 Å². The van der Waals surface area contributed by atoms with Crippen LogP contribution in [0.5, 0.6) is 0 Å². The fraction of sp³-hybridized carbons (Fsp3) is 1.00. The first-order valence-electron chi connectivity index (χ1n) is 7.41. The maximum Gasteiger partial charge on any atom is 0.00671 e. The van der Waals surface area contributed by atoms with Gasteiger partial charge in [0.2, 0.25) is 0 Å². The molecule has 0 heterocycles. The molecule has 0 aromatic rings. The van der Waals surface area contributed by atoms with E-state index in [4.69, 9.17) is 0 Å². The lowest BCUT2D eigenvalue weighted by Gasteiger charge is -2.30. The second-order valence-corrected chi connectivity index (χ2v) is 5.89. The van der Waals surface area contributed by atoms with E-state index in [9.17, 15) is 0 Å². The van der Waals surface area contributed by atoms with Crippen LogP contribution in [-0.4, -0.2) is 37.1 Å². The third-order valence-electron chi connectivity index (χ3n) is 3.62. The van der Waals surface area contributed by atoms with Gasteiger partial charge in [0.05, 0.1) is 0 Å². The first-order valence-corrected chi connectivity index (χ1v) is 7.41. The fourth-order valence-corrected chi connectivity index (χ4v) is 2.17. The van der Waals surface area contributed by atoms with Gasteiger partial charge in [-0.25, -0.2) is 0 Å². The van der Waals surface area contributed by atoms with Crippen molar-refractivity contribution in [1.29, 1.82) is 0 Å². The summed E-state index contributed by atoms with van der Waals surface area (Å²) in [5.74, 6) is 0.764. The Kier molecular flexibility index (Phi) is 9.85. The van der Waals surface area contributed by atoms with E-state index in [1.165, 1.54) is 32.2 Å². The smallest absolute Gasteiger partial charge is 0.00671 e. The molecule has 0 amide bonds. The fourth-order valence-electron chi connectivity index (χ4n) is 2.17. The first kappa shape index (κ1) is 16.9. The Hall–Kier alpha value is -0.0800. The third-order valence-corrected chi connectivity index (χ3v) is 3.62. The minimum absolute atomic E-state index is 0.706. The van der Waals surface area contributed by atoms with Gasteiger partial charge in [0, 0.05) is 12.1 Å². The van der Waals surface area contributed by atoms with Gasteiger partial charge in [-0.1, -0.05) is 27.2 Å². The molecule has 17 heavy (non-hydrogen) atoms. The highest BCUT2D eigenvalue weighted by molar-refractivity contribution is 4.70. The average molecular weight is 242 g/mol. The van der Waals surface area contributed by atoms with E-state index in [0.29, 0.717) is 6.04 Å². The molecule has 2 unspecified atom stereocenters. The molecule has 1 N–H and O–H groups in total. The molecule has 0 aliphatic heterocycles. The molecule has 0 aromatic heterocycles. The minimum Gasteiger partial charge on any atom is -0.316 e. The lowest BCUT2D eigenvalue weighted by Crippen LogP contribution is -2.37. The van der Waals surface area contributed by atoms with Crippen molar-refractivity contribution in [3.63, 3.8) is 0 Å². The molecular weight excluding hydrogens is 208 g/mol.